The number of hydrogen-bond acceptors (Lipinski definition) is 7. The van der Waals surface area contributed by atoms with Crippen molar-refractivity contribution in [1.29, 1.82) is 0 Å². The van der Waals surface area contributed by atoms with Gasteiger partial charge >= 0.3 is 0 Å². The highest BCUT2D eigenvalue weighted by molar-refractivity contribution is 5.77. The Balaban J connectivity index is 1.61. The number of amides is 2. The van der Waals surface area contributed by atoms with Crippen LogP contribution in [-0.2, 0) is 16.0 Å². The van der Waals surface area contributed by atoms with Gasteiger partial charge in [-0.15, -0.1) is 6.58 Å². The maximum Gasteiger partial charge on any atom is 0.257 e. The van der Waals surface area contributed by atoms with Gasteiger partial charge in [0.1, 0.15) is 18.5 Å². The van der Waals surface area contributed by atoms with Crippen molar-refractivity contribution in [2.75, 3.05) is 46.5 Å². The molecule has 2 rings (SSSR count). The number of likely N-dealkylation sites (N-methyl/N-ethyl adjacent to an activating group) is 1. The SMILES string of the molecule is C=CCc1ccccc1OCC(=O)NCCNCC(O)COc1ccccc1OCC(=O)NC. The highest BCUT2D eigenvalue weighted by Crippen LogP contribution is 2.26. The summed E-state index contributed by atoms with van der Waals surface area (Å²) in [4.78, 5) is 23.4. The summed E-state index contributed by atoms with van der Waals surface area (Å²) in [6.45, 7) is 4.70. The van der Waals surface area contributed by atoms with Gasteiger partial charge in [0.2, 0.25) is 0 Å². The normalized spacial score (nSPS) is 11.2. The molecule has 34 heavy (non-hydrogen) atoms. The van der Waals surface area contributed by atoms with E-state index in [0.29, 0.717) is 36.8 Å². The fraction of sp³-hybridized carbons (Fsp3) is 0.360. The van der Waals surface area contributed by atoms with E-state index in [1.807, 2.05) is 24.3 Å². The number of aliphatic hydroxyl groups excluding tert-OH is 1. The minimum atomic E-state index is -0.771. The molecule has 0 saturated heterocycles. The van der Waals surface area contributed by atoms with E-state index in [2.05, 4.69) is 22.5 Å². The molecule has 0 bridgehead atoms. The number of nitrogens with one attached hydrogen (secondary N) is 3. The molecule has 9 nitrogen and oxygen atoms in total. The van der Waals surface area contributed by atoms with Gasteiger partial charge in [-0.25, -0.2) is 0 Å². The molecule has 1 unspecified atom stereocenters. The molecule has 184 valence electrons. The second-order valence-electron chi connectivity index (χ2n) is 7.32. The molecule has 0 spiro atoms. The van der Waals surface area contributed by atoms with Gasteiger partial charge in [-0.1, -0.05) is 36.4 Å². The van der Waals surface area contributed by atoms with Crippen LogP contribution in [-0.4, -0.2) is 69.5 Å². The standard InChI is InChI=1S/C25H33N3O6/c1-3-8-19-9-4-5-10-21(19)33-18-25(31)28-14-13-27-15-20(29)16-32-22-11-6-7-12-23(22)34-17-24(30)26-2/h3-7,9-12,20,27,29H,1,8,13-18H2,2H3,(H,26,30)(H,28,31). The van der Waals surface area contributed by atoms with Crippen molar-refractivity contribution in [3.05, 3.63) is 66.7 Å². The maximum absolute atomic E-state index is 12.0. The minimum absolute atomic E-state index is 0.0393. The number of benzene rings is 2. The van der Waals surface area contributed by atoms with Gasteiger partial charge in [0.05, 0.1) is 0 Å². The number of hydrogen-bond donors (Lipinski definition) is 4. The molecule has 2 aromatic rings. The molecule has 0 radical (unpaired) electrons. The molecule has 0 heterocycles. The number of aliphatic hydroxyl groups is 1. The molecule has 9 heteroatoms. The summed E-state index contributed by atoms with van der Waals surface area (Å²) in [7, 11) is 1.53. The van der Waals surface area contributed by atoms with E-state index in [9.17, 15) is 14.7 Å². The van der Waals surface area contributed by atoms with Gasteiger partial charge in [-0.3, -0.25) is 9.59 Å². The van der Waals surface area contributed by atoms with Gasteiger partial charge in [-0.05, 0) is 30.2 Å². The number of carbonyl (C=O) groups excluding carboxylic acids is 2. The first kappa shape index (κ1) is 26.7. The predicted molar refractivity (Wildman–Crippen MR) is 129 cm³/mol. The first-order chi connectivity index (χ1) is 16.5. The number of carbonyl (C=O) groups is 2. The molecule has 4 N–H and O–H groups in total. The Morgan fingerprint density at radius 2 is 1.56 bits per heavy atom. The summed E-state index contributed by atoms with van der Waals surface area (Å²) in [6, 6.07) is 14.5. The van der Waals surface area contributed by atoms with E-state index >= 15 is 0 Å². The highest BCUT2D eigenvalue weighted by Gasteiger charge is 2.10. The van der Waals surface area contributed by atoms with Gasteiger partial charge in [0.15, 0.2) is 24.7 Å². The Hall–Kier alpha value is -3.56. The Morgan fingerprint density at radius 3 is 2.26 bits per heavy atom. The van der Waals surface area contributed by atoms with Crippen LogP contribution in [0.15, 0.2) is 61.2 Å². The summed E-state index contributed by atoms with van der Waals surface area (Å²) < 4.78 is 16.7. The van der Waals surface area contributed by atoms with Crippen molar-refractivity contribution in [3.63, 3.8) is 0 Å². The van der Waals surface area contributed by atoms with E-state index in [4.69, 9.17) is 14.2 Å². The minimum Gasteiger partial charge on any atom is -0.487 e. The largest absolute Gasteiger partial charge is 0.487 e. The monoisotopic (exact) mass is 471 g/mol. The van der Waals surface area contributed by atoms with E-state index in [1.165, 1.54) is 7.05 Å². The van der Waals surface area contributed by atoms with Crippen LogP contribution in [0.5, 0.6) is 17.2 Å². The van der Waals surface area contributed by atoms with Crippen LogP contribution in [0.4, 0.5) is 0 Å². The van der Waals surface area contributed by atoms with Crippen LogP contribution in [0.3, 0.4) is 0 Å². The maximum atomic E-state index is 12.0. The van der Waals surface area contributed by atoms with Crippen LogP contribution in [0.1, 0.15) is 5.56 Å². The summed E-state index contributed by atoms with van der Waals surface area (Å²) >= 11 is 0. The smallest absolute Gasteiger partial charge is 0.257 e. The Morgan fingerprint density at radius 1 is 0.941 bits per heavy atom. The first-order valence-electron chi connectivity index (χ1n) is 11.1. The van der Waals surface area contributed by atoms with Crippen molar-refractivity contribution >= 4 is 11.8 Å². The Labute approximate surface area is 200 Å². The van der Waals surface area contributed by atoms with Crippen LogP contribution >= 0.6 is 0 Å². The van der Waals surface area contributed by atoms with Gasteiger partial charge in [0.25, 0.3) is 11.8 Å². The summed E-state index contributed by atoms with van der Waals surface area (Å²) in [5.74, 6) is 1.04. The zero-order valence-corrected chi connectivity index (χ0v) is 19.4. The third-order valence-corrected chi connectivity index (χ3v) is 4.62. The van der Waals surface area contributed by atoms with Crippen LogP contribution in [0.25, 0.3) is 0 Å². The highest BCUT2D eigenvalue weighted by atomic mass is 16.5. The zero-order valence-electron chi connectivity index (χ0n) is 19.4. The Kier molecular flexibility index (Phi) is 12.0. The van der Waals surface area contributed by atoms with Crippen LogP contribution in [0, 0.1) is 0 Å². The van der Waals surface area contributed by atoms with Crippen molar-refractivity contribution in [2.45, 2.75) is 12.5 Å². The molecule has 0 aliphatic heterocycles. The molecule has 2 amide bonds. The fourth-order valence-electron chi connectivity index (χ4n) is 2.87. The number of rotatable bonds is 16. The lowest BCUT2D eigenvalue weighted by Crippen LogP contribution is -2.38. The van der Waals surface area contributed by atoms with Crippen LogP contribution < -0.4 is 30.2 Å². The van der Waals surface area contributed by atoms with E-state index in [1.54, 1.807) is 30.3 Å². The number of para-hydroxylation sites is 3. The quantitative estimate of drug-likeness (QED) is 0.214. The van der Waals surface area contributed by atoms with Crippen LogP contribution in [0.2, 0.25) is 0 Å². The second kappa shape index (κ2) is 15.3. The molecular weight excluding hydrogens is 438 g/mol. The van der Waals surface area contributed by atoms with Crippen molar-refractivity contribution in [2.24, 2.45) is 0 Å². The van der Waals surface area contributed by atoms with E-state index in [-0.39, 0.29) is 38.2 Å². The number of allylic oxidation sites excluding steroid dienone is 1. The van der Waals surface area contributed by atoms with Crippen molar-refractivity contribution in [3.8, 4) is 17.2 Å². The molecule has 0 aliphatic carbocycles. The molecule has 0 aliphatic rings. The third-order valence-electron chi connectivity index (χ3n) is 4.62. The molecule has 2 aromatic carbocycles. The summed E-state index contributed by atoms with van der Waals surface area (Å²) in [6.07, 6.45) is 1.68. The van der Waals surface area contributed by atoms with E-state index < -0.39 is 6.10 Å². The third kappa shape index (κ3) is 9.93. The number of ether oxygens (including phenoxy) is 3. The average molecular weight is 472 g/mol. The molecule has 0 fully saturated rings. The zero-order chi connectivity index (χ0) is 24.6. The molecule has 1 atom stereocenters. The first-order valence-corrected chi connectivity index (χ1v) is 11.1. The van der Waals surface area contributed by atoms with Crippen molar-refractivity contribution < 1.29 is 28.9 Å². The summed E-state index contributed by atoms with van der Waals surface area (Å²) in [5, 5.41) is 18.4. The fourth-order valence-corrected chi connectivity index (χ4v) is 2.87. The average Bonchev–Trinajstić information content (AvgIpc) is 2.85. The van der Waals surface area contributed by atoms with Gasteiger partial charge in [0, 0.05) is 26.7 Å². The van der Waals surface area contributed by atoms with E-state index in [0.717, 1.165) is 5.56 Å². The molecule has 0 aromatic heterocycles. The van der Waals surface area contributed by atoms with Crippen molar-refractivity contribution in [1.82, 2.24) is 16.0 Å². The second-order valence-corrected chi connectivity index (χ2v) is 7.32. The lowest BCUT2D eigenvalue weighted by Gasteiger charge is -2.16. The molecule has 0 saturated carbocycles. The lowest BCUT2D eigenvalue weighted by atomic mass is 10.1. The van der Waals surface area contributed by atoms with Gasteiger partial charge < -0.3 is 35.3 Å². The summed E-state index contributed by atoms with van der Waals surface area (Å²) in [5.41, 5.74) is 0.976. The molecular formula is C25H33N3O6. The lowest BCUT2D eigenvalue weighted by molar-refractivity contribution is -0.123. The predicted octanol–water partition coefficient (Wildman–Crippen LogP) is 1.06. The topological polar surface area (TPSA) is 118 Å². The van der Waals surface area contributed by atoms with Gasteiger partial charge in [-0.2, -0.15) is 0 Å². The Bertz CT molecular complexity index is 921.